The van der Waals surface area contributed by atoms with E-state index in [-0.39, 0.29) is 23.4 Å². The molecule has 0 aliphatic carbocycles. The van der Waals surface area contributed by atoms with Gasteiger partial charge in [0.15, 0.2) is 0 Å². The van der Waals surface area contributed by atoms with Gasteiger partial charge in [-0.3, -0.25) is 14.9 Å². The number of amides is 1. The molecule has 74 valence electrons. The van der Waals surface area contributed by atoms with Gasteiger partial charge >= 0.3 is 0 Å². The van der Waals surface area contributed by atoms with E-state index in [1.807, 2.05) is 0 Å². The molecule has 6 nitrogen and oxygen atoms in total. The van der Waals surface area contributed by atoms with Crippen molar-refractivity contribution in [3.63, 3.8) is 0 Å². The van der Waals surface area contributed by atoms with Gasteiger partial charge in [-0.25, -0.2) is 0 Å². The molecule has 1 aromatic rings. The topological polar surface area (TPSA) is 106 Å². The molecule has 0 radical (unpaired) electrons. The van der Waals surface area contributed by atoms with Crippen molar-refractivity contribution in [3.8, 4) is 0 Å². The number of benzene rings is 1. The lowest BCUT2D eigenvalue weighted by atomic mass is 10.1. The van der Waals surface area contributed by atoms with Crippen LogP contribution in [0, 0.1) is 10.1 Å². The molecule has 0 bridgehead atoms. The summed E-state index contributed by atoms with van der Waals surface area (Å²) in [6.07, 6.45) is 0. The minimum absolute atomic E-state index is 0.0169. The van der Waals surface area contributed by atoms with Crippen LogP contribution in [-0.2, 0) is 6.61 Å². The van der Waals surface area contributed by atoms with E-state index >= 15 is 0 Å². The van der Waals surface area contributed by atoms with Crippen molar-refractivity contribution < 1.29 is 14.8 Å². The maximum absolute atomic E-state index is 10.8. The molecule has 0 fully saturated rings. The van der Waals surface area contributed by atoms with Crippen LogP contribution in [0.5, 0.6) is 0 Å². The number of rotatable bonds is 3. The van der Waals surface area contributed by atoms with Crippen molar-refractivity contribution in [1.29, 1.82) is 0 Å². The van der Waals surface area contributed by atoms with E-state index in [0.717, 1.165) is 6.07 Å². The Morgan fingerprint density at radius 1 is 1.50 bits per heavy atom. The minimum Gasteiger partial charge on any atom is -0.392 e. The molecule has 0 atom stereocenters. The van der Waals surface area contributed by atoms with Crippen LogP contribution in [0.4, 0.5) is 5.69 Å². The Kier molecular flexibility index (Phi) is 2.78. The van der Waals surface area contributed by atoms with Gasteiger partial charge in [0.25, 0.3) is 5.69 Å². The standard InChI is InChI=1S/C8H8N2O4/c9-8(12)6-1-5(4-11)2-7(3-6)10(13)14/h1-3,11H,4H2,(H2,9,12). The number of non-ortho nitro benzene ring substituents is 1. The molecule has 1 rings (SSSR count). The second-order valence-corrected chi connectivity index (χ2v) is 2.67. The molecule has 0 heterocycles. The molecule has 0 aliphatic rings. The van der Waals surface area contributed by atoms with Gasteiger partial charge in [0, 0.05) is 17.7 Å². The van der Waals surface area contributed by atoms with E-state index in [1.54, 1.807) is 0 Å². The molecular formula is C8H8N2O4. The fourth-order valence-electron chi connectivity index (χ4n) is 1.01. The van der Waals surface area contributed by atoms with Crippen LogP contribution in [0.15, 0.2) is 18.2 Å². The normalized spacial score (nSPS) is 9.79. The Bertz CT molecular complexity index is 357. The van der Waals surface area contributed by atoms with E-state index in [4.69, 9.17) is 10.8 Å². The first-order valence-electron chi connectivity index (χ1n) is 3.73. The van der Waals surface area contributed by atoms with E-state index in [2.05, 4.69) is 0 Å². The van der Waals surface area contributed by atoms with Gasteiger partial charge in [0.1, 0.15) is 0 Å². The summed E-state index contributed by atoms with van der Waals surface area (Å²) in [6.45, 7) is -0.373. The Balaban J connectivity index is 3.27. The second kappa shape index (κ2) is 3.84. The van der Waals surface area contributed by atoms with Gasteiger partial charge in [-0.05, 0) is 11.6 Å². The quantitative estimate of drug-likeness (QED) is 0.531. The number of hydrogen-bond donors (Lipinski definition) is 2. The monoisotopic (exact) mass is 196 g/mol. The molecule has 0 saturated heterocycles. The molecule has 1 aromatic carbocycles. The summed E-state index contributed by atoms with van der Waals surface area (Å²) in [5.74, 6) is -0.761. The SMILES string of the molecule is NC(=O)c1cc(CO)cc([N+](=O)[O-])c1. The summed E-state index contributed by atoms with van der Waals surface area (Å²) in [5.41, 5.74) is 5.01. The average Bonchev–Trinajstić information content (AvgIpc) is 2.16. The molecule has 0 aromatic heterocycles. The predicted molar refractivity (Wildman–Crippen MR) is 47.5 cm³/mol. The number of primary amides is 1. The molecule has 0 saturated carbocycles. The Morgan fingerprint density at radius 2 is 2.14 bits per heavy atom. The number of carbonyl (C=O) groups is 1. The van der Waals surface area contributed by atoms with E-state index in [1.165, 1.54) is 12.1 Å². The third kappa shape index (κ3) is 2.05. The highest BCUT2D eigenvalue weighted by atomic mass is 16.6. The first-order valence-corrected chi connectivity index (χ1v) is 3.73. The predicted octanol–water partition coefficient (Wildman–Crippen LogP) is 0.186. The van der Waals surface area contributed by atoms with Crippen LogP contribution in [0.2, 0.25) is 0 Å². The van der Waals surface area contributed by atoms with Crippen LogP contribution < -0.4 is 5.73 Å². The van der Waals surface area contributed by atoms with Crippen molar-refractivity contribution in [2.75, 3.05) is 0 Å². The summed E-state index contributed by atoms with van der Waals surface area (Å²) < 4.78 is 0. The van der Waals surface area contributed by atoms with Gasteiger partial charge in [-0.15, -0.1) is 0 Å². The third-order valence-electron chi connectivity index (χ3n) is 1.66. The number of nitro benzene ring substituents is 1. The highest BCUT2D eigenvalue weighted by molar-refractivity contribution is 5.93. The number of aliphatic hydroxyl groups excluding tert-OH is 1. The van der Waals surface area contributed by atoms with Crippen molar-refractivity contribution in [2.45, 2.75) is 6.61 Å². The lowest BCUT2D eigenvalue weighted by Crippen LogP contribution is -2.11. The van der Waals surface area contributed by atoms with Gasteiger partial charge in [-0.1, -0.05) is 0 Å². The average molecular weight is 196 g/mol. The molecule has 0 unspecified atom stereocenters. The number of carbonyl (C=O) groups excluding carboxylic acids is 1. The van der Waals surface area contributed by atoms with E-state index < -0.39 is 10.8 Å². The lowest BCUT2D eigenvalue weighted by molar-refractivity contribution is -0.385. The summed E-state index contributed by atoms with van der Waals surface area (Å²) >= 11 is 0. The maximum atomic E-state index is 10.8. The van der Waals surface area contributed by atoms with Crippen molar-refractivity contribution in [2.24, 2.45) is 5.73 Å². The van der Waals surface area contributed by atoms with Crippen LogP contribution in [0.3, 0.4) is 0 Å². The molecule has 3 N–H and O–H groups in total. The number of nitrogens with two attached hydrogens (primary N) is 1. The summed E-state index contributed by atoms with van der Waals surface area (Å²) in [7, 11) is 0. The van der Waals surface area contributed by atoms with Crippen molar-refractivity contribution in [1.82, 2.24) is 0 Å². The zero-order valence-corrected chi connectivity index (χ0v) is 7.14. The Labute approximate surface area is 79.1 Å². The van der Waals surface area contributed by atoms with Gasteiger partial charge in [-0.2, -0.15) is 0 Å². The van der Waals surface area contributed by atoms with Crippen LogP contribution in [0.1, 0.15) is 15.9 Å². The van der Waals surface area contributed by atoms with Crippen LogP contribution in [-0.4, -0.2) is 15.9 Å². The molecule has 6 heteroatoms. The number of nitrogens with zero attached hydrogens (tertiary/aromatic N) is 1. The second-order valence-electron chi connectivity index (χ2n) is 2.67. The van der Waals surface area contributed by atoms with Gasteiger partial charge in [0.05, 0.1) is 11.5 Å². The largest absolute Gasteiger partial charge is 0.392 e. The highest BCUT2D eigenvalue weighted by Crippen LogP contribution is 2.16. The first-order chi connectivity index (χ1) is 6.54. The molecule has 0 spiro atoms. The fourth-order valence-corrected chi connectivity index (χ4v) is 1.01. The number of hydrogen-bond acceptors (Lipinski definition) is 4. The molecule has 14 heavy (non-hydrogen) atoms. The number of aliphatic hydroxyl groups is 1. The van der Waals surface area contributed by atoms with Crippen molar-refractivity contribution in [3.05, 3.63) is 39.4 Å². The van der Waals surface area contributed by atoms with Crippen LogP contribution in [0.25, 0.3) is 0 Å². The third-order valence-corrected chi connectivity index (χ3v) is 1.66. The van der Waals surface area contributed by atoms with Gasteiger partial charge in [0.2, 0.25) is 5.91 Å². The zero-order valence-electron chi connectivity index (χ0n) is 7.14. The fraction of sp³-hybridized carbons (Fsp3) is 0.125. The van der Waals surface area contributed by atoms with Crippen LogP contribution >= 0.6 is 0 Å². The summed E-state index contributed by atoms with van der Waals surface area (Å²) in [4.78, 5) is 20.5. The summed E-state index contributed by atoms with van der Waals surface area (Å²) in [6, 6.07) is 3.57. The Hall–Kier alpha value is -1.95. The number of nitro groups is 1. The van der Waals surface area contributed by atoms with Crippen molar-refractivity contribution >= 4 is 11.6 Å². The van der Waals surface area contributed by atoms with E-state index in [0.29, 0.717) is 0 Å². The first kappa shape index (κ1) is 10.1. The molecule has 1 amide bonds. The molecule has 0 aliphatic heterocycles. The maximum Gasteiger partial charge on any atom is 0.270 e. The van der Waals surface area contributed by atoms with Gasteiger partial charge < -0.3 is 10.8 Å². The minimum atomic E-state index is -0.761. The highest BCUT2D eigenvalue weighted by Gasteiger charge is 2.11. The Morgan fingerprint density at radius 3 is 2.57 bits per heavy atom. The lowest BCUT2D eigenvalue weighted by Gasteiger charge is -2.00. The molecular weight excluding hydrogens is 188 g/mol. The van der Waals surface area contributed by atoms with E-state index in [9.17, 15) is 14.9 Å². The summed E-state index contributed by atoms with van der Waals surface area (Å²) in [5, 5.41) is 19.2. The smallest absolute Gasteiger partial charge is 0.270 e. The zero-order chi connectivity index (χ0) is 10.7.